The summed E-state index contributed by atoms with van der Waals surface area (Å²) < 4.78 is 31.4. The summed E-state index contributed by atoms with van der Waals surface area (Å²) >= 11 is 0. The first-order chi connectivity index (χ1) is 12.3. The number of carbonyl (C=O) groups excluding carboxylic acids is 1. The minimum absolute atomic E-state index is 0.108. The maximum absolute atomic E-state index is 12.2. The molecule has 10 heteroatoms. The molecule has 26 heavy (non-hydrogen) atoms. The van der Waals surface area contributed by atoms with Crippen LogP contribution in [0, 0.1) is 6.92 Å². The van der Waals surface area contributed by atoms with Crippen molar-refractivity contribution in [3.8, 4) is 11.6 Å². The zero-order chi connectivity index (χ0) is 18.7. The molecular formula is C16H17N5O4S. The van der Waals surface area contributed by atoms with E-state index in [1.54, 1.807) is 36.1 Å². The Labute approximate surface area is 150 Å². The molecule has 2 heterocycles. The summed E-state index contributed by atoms with van der Waals surface area (Å²) in [5, 5.41) is 14.0. The second-order valence-corrected chi connectivity index (χ2v) is 7.83. The fourth-order valence-corrected chi connectivity index (χ4v) is 3.42. The molecule has 136 valence electrons. The van der Waals surface area contributed by atoms with Crippen molar-refractivity contribution in [2.24, 2.45) is 7.05 Å². The lowest BCUT2D eigenvalue weighted by Crippen LogP contribution is -2.17. The summed E-state index contributed by atoms with van der Waals surface area (Å²) in [7, 11) is -1.79. The molecule has 0 saturated heterocycles. The summed E-state index contributed by atoms with van der Waals surface area (Å²) in [6, 6.07) is 8.06. The number of nitrogens with zero attached hydrogens (tertiary/aromatic N) is 4. The molecule has 0 saturated carbocycles. The van der Waals surface area contributed by atoms with E-state index in [4.69, 9.17) is 4.42 Å². The molecule has 0 radical (unpaired) electrons. The van der Waals surface area contributed by atoms with E-state index in [2.05, 4.69) is 20.6 Å². The van der Waals surface area contributed by atoms with Gasteiger partial charge < -0.3 is 4.42 Å². The molecule has 0 aliphatic heterocycles. The summed E-state index contributed by atoms with van der Waals surface area (Å²) in [4.78, 5) is 12.2. The molecule has 3 aromatic rings. The van der Waals surface area contributed by atoms with Crippen LogP contribution in [0.4, 0.5) is 6.01 Å². The van der Waals surface area contributed by atoms with E-state index in [-0.39, 0.29) is 29.0 Å². The highest BCUT2D eigenvalue weighted by Gasteiger charge is 2.18. The molecule has 0 fully saturated rings. The Bertz CT molecular complexity index is 1020. The quantitative estimate of drug-likeness (QED) is 0.694. The molecule has 0 bridgehead atoms. The van der Waals surface area contributed by atoms with Crippen LogP contribution in [0.15, 0.2) is 45.8 Å². The fourth-order valence-electron chi connectivity index (χ4n) is 2.18. The Morgan fingerprint density at radius 3 is 2.58 bits per heavy atom. The Morgan fingerprint density at radius 2 is 1.92 bits per heavy atom. The standard InChI is InChI=1S/C16H17N5O4S/c1-11-3-5-12(6-4-11)26(23,24)10-8-14(22)17-16-19-18-15(25-16)13-7-9-21(2)20-13/h3-7,9H,8,10H2,1-2H3,(H,17,19,22). The van der Waals surface area contributed by atoms with Crippen LogP contribution in [0.1, 0.15) is 12.0 Å². The number of hydrogen-bond donors (Lipinski definition) is 1. The van der Waals surface area contributed by atoms with Crippen molar-refractivity contribution in [1.29, 1.82) is 0 Å². The third-order valence-electron chi connectivity index (χ3n) is 3.58. The maximum Gasteiger partial charge on any atom is 0.322 e. The van der Waals surface area contributed by atoms with Crippen molar-refractivity contribution in [3.63, 3.8) is 0 Å². The minimum atomic E-state index is -3.54. The van der Waals surface area contributed by atoms with Gasteiger partial charge in [-0.15, -0.1) is 5.10 Å². The van der Waals surface area contributed by atoms with Crippen LogP contribution < -0.4 is 5.32 Å². The molecule has 0 aliphatic carbocycles. The fraction of sp³-hybridized carbons (Fsp3) is 0.250. The van der Waals surface area contributed by atoms with Gasteiger partial charge in [0.2, 0.25) is 5.91 Å². The largest absolute Gasteiger partial charge is 0.401 e. The minimum Gasteiger partial charge on any atom is -0.401 e. The van der Waals surface area contributed by atoms with Crippen LogP contribution in [0.25, 0.3) is 11.6 Å². The van der Waals surface area contributed by atoms with Gasteiger partial charge in [-0.3, -0.25) is 14.8 Å². The van der Waals surface area contributed by atoms with Gasteiger partial charge in [-0.1, -0.05) is 22.8 Å². The van der Waals surface area contributed by atoms with Crippen LogP contribution in [-0.4, -0.2) is 40.1 Å². The normalized spacial score (nSPS) is 11.5. The van der Waals surface area contributed by atoms with Gasteiger partial charge in [0.05, 0.1) is 10.6 Å². The first kappa shape index (κ1) is 17.8. The molecule has 0 aliphatic rings. The van der Waals surface area contributed by atoms with Crippen molar-refractivity contribution in [1.82, 2.24) is 20.0 Å². The number of aryl methyl sites for hydroxylation is 2. The van der Waals surface area contributed by atoms with Crippen molar-refractivity contribution >= 4 is 21.8 Å². The molecule has 0 spiro atoms. The van der Waals surface area contributed by atoms with E-state index in [1.165, 1.54) is 12.1 Å². The summed E-state index contributed by atoms with van der Waals surface area (Å²) in [6.45, 7) is 1.87. The van der Waals surface area contributed by atoms with E-state index in [0.717, 1.165) is 5.56 Å². The number of benzene rings is 1. The Morgan fingerprint density at radius 1 is 1.19 bits per heavy atom. The number of sulfone groups is 1. The molecule has 1 N–H and O–H groups in total. The first-order valence-corrected chi connectivity index (χ1v) is 9.41. The smallest absolute Gasteiger partial charge is 0.322 e. The van der Waals surface area contributed by atoms with Gasteiger partial charge in [0, 0.05) is 19.7 Å². The highest BCUT2D eigenvalue weighted by molar-refractivity contribution is 7.91. The monoisotopic (exact) mass is 375 g/mol. The van der Waals surface area contributed by atoms with Gasteiger partial charge in [0.25, 0.3) is 5.89 Å². The third kappa shape index (κ3) is 4.14. The Hall–Kier alpha value is -3.01. The molecular weight excluding hydrogens is 358 g/mol. The van der Waals surface area contributed by atoms with Crippen LogP contribution in [0.2, 0.25) is 0 Å². The maximum atomic E-state index is 12.2. The average molecular weight is 375 g/mol. The van der Waals surface area contributed by atoms with Crippen LogP contribution in [0.5, 0.6) is 0 Å². The van der Waals surface area contributed by atoms with Gasteiger partial charge in [0.1, 0.15) is 5.69 Å². The van der Waals surface area contributed by atoms with E-state index >= 15 is 0 Å². The lowest BCUT2D eigenvalue weighted by atomic mass is 10.2. The molecule has 0 unspecified atom stereocenters. The van der Waals surface area contributed by atoms with Crippen molar-refractivity contribution < 1.29 is 17.6 Å². The lowest BCUT2D eigenvalue weighted by Gasteiger charge is -2.04. The third-order valence-corrected chi connectivity index (χ3v) is 5.31. The molecule has 1 amide bonds. The first-order valence-electron chi connectivity index (χ1n) is 7.76. The number of amides is 1. The summed E-state index contributed by atoms with van der Waals surface area (Å²) in [6.07, 6.45) is 1.49. The van der Waals surface area contributed by atoms with E-state index in [9.17, 15) is 13.2 Å². The Kier molecular flexibility index (Phi) is 4.85. The van der Waals surface area contributed by atoms with Gasteiger partial charge >= 0.3 is 6.01 Å². The molecule has 1 aromatic carbocycles. The van der Waals surface area contributed by atoms with Crippen molar-refractivity contribution in [2.45, 2.75) is 18.2 Å². The van der Waals surface area contributed by atoms with Crippen LogP contribution >= 0.6 is 0 Å². The lowest BCUT2D eigenvalue weighted by molar-refractivity contribution is -0.115. The van der Waals surface area contributed by atoms with Crippen molar-refractivity contribution in [3.05, 3.63) is 42.1 Å². The predicted octanol–water partition coefficient (Wildman–Crippen LogP) is 1.58. The van der Waals surface area contributed by atoms with Crippen LogP contribution in [0.3, 0.4) is 0 Å². The average Bonchev–Trinajstić information content (AvgIpc) is 3.22. The van der Waals surface area contributed by atoms with Gasteiger partial charge in [-0.05, 0) is 25.1 Å². The van der Waals surface area contributed by atoms with Gasteiger partial charge in [0.15, 0.2) is 9.84 Å². The topological polar surface area (TPSA) is 120 Å². The number of nitrogens with one attached hydrogen (secondary N) is 1. The van der Waals surface area contributed by atoms with E-state index in [1.807, 2.05) is 6.92 Å². The summed E-state index contributed by atoms with van der Waals surface area (Å²) in [5.74, 6) is -0.687. The Balaban J connectivity index is 1.59. The van der Waals surface area contributed by atoms with Crippen molar-refractivity contribution in [2.75, 3.05) is 11.1 Å². The molecule has 9 nitrogen and oxygen atoms in total. The molecule has 3 rings (SSSR count). The second-order valence-electron chi connectivity index (χ2n) is 5.72. The highest BCUT2D eigenvalue weighted by Crippen LogP contribution is 2.18. The van der Waals surface area contributed by atoms with Gasteiger partial charge in [-0.25, -0.2) is 8.42 Å². The number of anilines is 1. The number of hydrogen-bond acceptors (Lipinski definition) is 7. The van der Waals surface area contributed by atoms with E-state index < -0.39 is 15.7 Å². The van der Waals surface area contributed by atoms with Crippen LogP contribution in [-0.2, 0) is 21.7 Å². The summed E-state index contributed by atoms with van der Waals surface area (Å²) in [5.41, 5.74) is 1.43. The zero-order valence-electron chi connectivity index (χ0n) is 14.2. The van der Waals surface area contributed by atoms with Gasteiger partial charge in [-0.2, -0.15) is 5.10 Å². The molecule has 0 atom stereocenters. The number of aromatic nitrogens is 4. The zero-order valence-corrected chi connectivity index (χ0v) is 15.0. The van der Waals surface area contributed by atoms with E-state index in [0.29, 0.717) is 5.69 Å². The highest BCUT2D eigenvalue weighted by atomic mass is 32.2. The second kappa shape index (κ2) is 7.08. The number of carbonyl (C=O) groups is 1. The number of rotatable bonds is 6. The SMILES string of the molecule is Cc1ccc(S(=O)(=O)CCC(=O)Nc2nnc(-c3ccn(C)n3)o2)cc1. The molecule has 2 aromatic heterocycles. The predicted molar refractivity (Wildman–Crippen MR) is 93.0 cm³/mol.